The summed E-state index contributed by atoms with van der Waals surface area (Å²) in [7, 11) is -4.03. The van der Waals surface area contributed by atoms with Crippen molar-refractivity contribution in [1.29, 1.82) is 0 Å². The number of hydrogen-bond acceptors (Lipinski definition) is 2. The number of anilines is 2. The van der Waals surface area contributed by atoms with Gasteiger partial charge in [0.2, 0.25) is 0 Å². The Labute approximate surface area is 128 Å². The van der Waals surface area contributed by atoms with Crippen molar-refractivity contribution in [2.75, 3.05) is 9.21 Å². The van der Waals surface area contributed by atoms with E-state index in [0.717, 1.165) is 0 Å². The van der Waals surface area contributed by atoms with Crippen molar-refractivity contribution in [2.24, 2.45) is 0 Å². The molecule has 0 aliphatic rings. The standard InChI is InChI=1S/C15H32N2Si3/c1-18(2,3)16-14-11-10-12-15(13-14)17(19(4,5)6)20(7,8)9/h10-13,16H,1-9H3. The fraction of sp³-hybridized carbons (Fsp3) is 0.600. The van der Waals surface area contributed by atoms with Gasteiger partial charge in [-0.2, -0.15) is 0 Å². The summed E-state index contributed by atoms with van der Waals surface area (Å²) in [6.07, 6.45) is 0. The van der Waals surface area contributed by atoms with Crippen LogP contribution in [0.25, 0.3) is 0 Å². The monoisotopic (exact) mass is 324 g/mol. The largest absolute Gasteiger partial charge is 0.424 e. The zero-order chi connectivity index (χ0) is 15.8. The molecule has 5 heteroatoms. The molecule has 0 saturated heterocycles. The Hall–Kier alpha value is -0.529. The maximum atomic E-state index is 3.72. The number of hydrogen-bond donors (Lipinski definition) is 1. The first kappa shape index (κ1) is 17.5. The van der Waals surface area contributed by atoms with Gasteiger partial charge in [0.05, 0.1) is 0 Å². The van der Waals surface area contributed by atoms with Gasteiger partial charge in [-0.05, 0) is 18.2 Å². The number of nitrogens with zero attached hydrogens (tertiary/aromatic N) is 1. The minimum atomic E-state index is -1.37. The van der Waals surface area contributed by atoms with E-state index in [1.807, 2.05) is 0 Å². The number of benzene rings is 1. The summed E-state index contributed by atoms with van der Waals surface area (Å²) >= 11 is 0. The summed E-state index contributed by atoms with van der Waals surface area (Å²) in [6, 6.07) is 9.04. The smallest absolute Gasteiger partial charge is 0.144 e. The number of nitrogens with one attached hydrogen (secondary N) is 1. The SMILES string of the molecule is C[Si](C)(C)Nc1cccc(N([Si](C)(C)C)[Si](C)(C)C)c1. The van der Waals surface area contributed by atoms with Crippen LogP contribution in [0.4, 0.5) is 11.4 Å². The molecular weight excluding hydrogens is 292 g/mol. The van der Waals surface area contributed by atoms with E-state index in [1.54, 1.807) is 0 Å². The molecule has 0 atom stereocenters. The first-order chi connectivity index (χ1) is 8.81. The second kappa shape index (κ2) is 5.69. The first-order valence-corrected chi connectivity index (χ1v) is 17.9. The Bertz CT molecular complexity index is 439. The van der Waals surface area contributed by atoms with Crippen LogP contribution in [0.3, 0.4) is 0 Å². The molecule has 0 amide bonds. The van der Waals surface area contributed by atoms with E-state index in [-0.39, 0.29) is 0 Å². The summed E-state index contributed by atoms with van der Waals surface area (Å²) in [5.74, 6) is 0. The zero-order valence-electron chi connectivity index (χ0n) is 14.8. The topological polar surface area (TPSA) is 15.3 Å². The number of rotatable bonds is 5. The highest BCUT2D eigenvalue weighted by molar-refractivity contribution is 6.99. The van der Waals surface area contributed by atoms with Crippen LogP contribution in [-0.4, -0.2) is 24.7 Å². The van der Waals surface area contributed by atoms with E-state index >= 15 is 0 Å². The molecule has 0 unspecified atom stereocenters. The summed E-state index contributed by atoms with van der Waals surface area (Å²) in [4.78, 5) is 3.72. The predicted molar refractivity (Wildman–Crippen MR) is 103 cm³/mol. The first-order valence-electron chi connectivity index (χ1n) is 7.49. The Kier molecular flexibility index (Phi) is 4.99. The molecular formula is C15H32N2Si3. The maximum Gasteiger partial charge on any atom is 0.144 e. The van der Waals surface area contributed by atoms with E-state index in [1.165, 1.54) is 11.4 Å². The van der Waals surface area contributed by atoms with Gasteiger partial charge in [-0.15, -0.1) is 0 Å². The molecule has 20 heavy (non-hydrogen) atoms. The maximum absolute atomic E-state index is 3.72. The highest BCUT2D eigenvalue weighted by Gasteiger charge is 2.34. The van der Waals surface area contributed by atoms with E-state index < -0.39 is 24.7 Å². The Morgan fingerprint density at radius 2 is 1.30 bits per heavy atom. The molecule has 1 aromatic carbocycles. The van der Waals surface area contributed by atoms with Crippen molar-refractivity contribution in [3.8, 4) is 0 Å². The van der Waals surface area contributed by atoms with Gasteiger partial charge in [-0.1, -0.05) is 65.0 Å². The molecule has 0 aromatic heterocycles. The molecule has 0 bridgehead atoms. The van der Waals surface area contributed by atoms with Gasteiger partial charge in [0.25, 0.3) is 0 Å². The fourth-order valence-corrected chi connectivity index (χ4v) is 13.8. The summed E-state index contributed by atoms with van der Waals surface area (Å²) in [6.45, 7) is 21.7. The molecule has 1 N–H and O–H groups in total. The molecule has 0 saturated carbocycles. The predicted octanol–water partition coefficient (Wildman–Crippen LogP) is 5.41. The van der Waals surface area contributed by atoms with Crippen molar-refractivity contribution < 1.29 is 0 Å². The quantitative estimate of drug-likeness (QED) is 0.728. The Balaban J connectivity index is 3.20. The van der Waals surface area contributed by atoms with Crippen molar-refractivity contribution in [3.05, 3.63) is 24.3 Å². The fourth-order valence-electron chi connectivity index (χ4n) is 2.94. The summed E-state index contributed by atoms with van der Waals surface area (Å²) in [5.41, 5.74) is 2.69. The van der Waals surface area contributed by atoms with E-state index in [9.17, 15) is 0 Å². The summed E-state index contributed by atoms with van der Waals surface area (Å²) in [5, 5.41) is 0. The molecule has 0 fully saturated rings. The molecule has 0 aliphatic heterocycles. The van der Waals surface area contributed by atoms with Crippen LogP contribution in [-0.2, 0) is 0 Å². The van der Waals surface area contributed by atoms with Gasteiger partial charge in [0.1, 0.15) is 24.7 Å². The molecule has 1 rings (SSSR count). The van der Waals surface area contributed by atoms with Crippen LogP contribution in [0.5, 0.6) is 0 Å². The molecule has 2 nitrogen and oxygen atoms in total. The molecule has 1 aromatic rings. The lowest BCUT2D eigenvalue weighted by Gasteiger charge is -2.46. The van der Waals surface area contributed by atoms with E-state index in [2.05, 4.69) is 92.4 Å². The van der Waals surface area contributed by atoms with Crippen LogP contribution in [0.1, 0.15) is 0 Å². The van der Waals surface area contributed by atoms with Gasteiger partial charge in [-0.25, -0.2) is 0 Å². The van der Waals surface area contributed by atoms with Crippen LogP contribution >= 0.6 is 0 Å². The normalized spacial score (nSPS) is 13.2. The van der Waals surface area contributed by atoms with Crippen molar-refractivity contribution in [3.63, 3.8) is 0 Å². The average molecular weight is 325 g/mol. The summed E-state index contributed by atoms with van der Waals surface area (Å²) < 4.78 is 2.77. The average Bonchev–Trinajstić information content (AvgIpc) is 2.09. The van der Waals surface area contributed by atoms with Crippen LogP contribution in [0.2, 0.25) is 58.9 Å². The lowest BCUT2D eigenvalue weighted by atomic mass is 10.3. The van der Waals surface area contributed by atoms with Gasteiger partial charge >= 0.3 is 0 Å². The Morgan fingerprint density at radius 3 is 1.70 bits per heavy atom. The van der Waals surface area contributed by atoms with E-state index in [0.29, 0.717) is 0 Å². The van der Waals surface area contributed by atoms with Crippen LogP contribution < -0.4 is 9.21 Å². The van der Waals surface area contributed by atoms with Crippen molar-refractivity contribution in [2.45, 2.75) is 58.9 Å². The second-order valence-corrected chi connectivity index (χ2v) is 23.4. The van der Waals surface area contributed by atoms with Crippen LogP contribution in [0, 0.1) is 0 Å². The van der Waals surface area contributed by atoms with Crippen LogP contribution in [0.15, 0.2) is 24.3 Å². The Morgan fingerprint density at radius 1 is 0.800 bits per heavy atom. The molecule has 0 spiro atoms. The van der Waals surface area contributed by atoms with Crippen molar-refractivity contribution in [1.82, 2.24) is 0 Å². The zero-order valence-corrected chi connectivity index (χ0v) is 17.8. The second-order valence-electron chi connectivity index (χ2n) is 8.60. The molecule has 0 radical (unpaired) electrons. The van der Waals surface area contributed by atoms with Gasteiger partial charge < -0.3 is 9.21 Å². The third kappa shape index (κ3) is 5.10. The molecule has 0 aliphatic carbocycles. The lowest BCUT2D eigenvalue weighted by molar-refractivity contribution is 1.35. The third-order valence-electron chi connectivity index (χ3n) is 2.97. The van der Waals surface area contributed by atoms with Gasteiger partial charge in [0, 0.05) is 11.4 Å². The van der Waals surface area contributed by atoms with Crippen molar-refractivity contribution >= 4 is 36.1 Å². The lowest BCUT2D eigenvalue weighted by Crippen LogP contribution is -2.59. The molecule has 114 valence electrons. The highest BCUT2D eigenvalue weighted by atomic mass is 28.4. The molecule has 0 heterocycles. The van der Waals surface area contributed by atoms with E-state index in [4.69, 9.17) is 0 Å². The van der Waals surface area contributed by atoms with Gasteiger partial charge in [0.15, 0.2) is 0 Å². The third-order valence-corrected chi connectivity index (χ3v) is 11.2. The minimum Gasteiger partial charge on any atom is -0.424 e. The minimum absolute atomic E-state index is 1.28. The highest BCUT2D eigenvalue weighted by Crippen LogP contribution is 2.30. The van der Waals surface area contributed by atoms with Gasteiger partial charge in [-0.3, -0.25) is 0 Å².